The van der Waals surface area contributed by atoms with E-state index in [1.54, 1.807) is 30.3 Å². The third kappa shape index (κ3) is 4.64. The molecular formula is C18H18ClFN4O2. The molecule has 3 rings (SSSR count). The molecule has 0 bridgehead atoms. The number of nitrogens with zero attached hydrogens (tertiary/aromatic N) is 1. The number of piperazine rings is 1. The maximum atomic E-state index is 12.9. The lowest BCUT2D eigenvalue weighted by molar-refractivity contribution is -0.120. The lowest BCUT2D eigenvalue weighted by Crippen LogP contribution is -2.47. The molecule has 136 valence electrons. The number of hydrogen-bond donors (Lipinski definition) is 3. The maximum absolute atomic E-state index is 12.9. The average molecular weight is 377 g/mol. The van der Waals surface area contributed by atoms with Crippen LogP contribution in [0, 0.1) is 5.82 Å². The van der Waals surface area contributed by atoms with Crippen molar-refractivity contribution >= 4 is 34.9 Å². The summed E-state index contributed by atoms with van der Waals surface area (Å²) in [5, 5.41) is 8.60. The van der Waals surface area contributed by atoms with E-state index in [0.29, 0.717) is 23.8 Å². The lowest BCUT2D eigenvalue weighted by atomic mass is 10.2. The van der Waals surface area contributed by atoms with Crippen molar-refractivity contribution in [3.8, 4) is 0 Å². The summed E-state index contributed by atoms with van der Waals surface area (Å²) in [5.41, 5.74) is 2.08. The van der Waals surface area contributed by atoms with E-state index in [9.17, 15) is 14.0 Å². The molecule has 0 unspecified atom stereocenters. The summed E-state index contributed by atoms with van der Waals surface area (Å²) in [5.74, 6) is -0.367. The van der Waals surface area contributed by atoms with E-state index < -0.39 is 6.03 Å². The molecule has 2 aromatic carbocycles. The van der Waals surface area contributed by atoms with E-state index in [0.717, 1.165) is 11.3 Å². The second-order valence-electron chi connectivity index (χ2n) is 5.87. The van der Waals surface area contributed by atoms with Crippen LogP contribution >= 0.6 is 11.6 Å². The summed E-state index contributed by atoms with van der Waals surface area (Å²) in [6.45, 7) is 1.78. The van der Waals surface area contributed by atoms with Crippen molar-refractivity contribution in [2.24, 2.45) is 0 Å². The molecule has 8 heteroatoms. The first-order valence-corrected chi connectivity index (χ1v) is 8.49. The van der Waals surface area contributed by atoms with Crippen LogP contribution in [-0.4, -0.2) is 31.6 Å². The Balaban J connectivity index is 1.57. The van der Waals surface area contributed by atoms with Crippen LogP contribution in [0.15, 0.2) is 42.5 Å². The second-order valence-corrected chi connectivity index (χ2v) is 6.28. The van der Waals surface area contributed by atoms with Gasteiger partial charge in [0.2, 0.25) is 5.91 Å². The van der Waals surface area contributed by atoms with Crippen LogP contribution in [-0.2, 0) is 11.3 Å². The van der Waals surface area contributed by atoms with Gasteiger partial charge in [0.05, 0.1) is 17.3 Å². The average Bonchev–Trinajstić information content (AvgIpc) is 2.61. The number of rotatable bonds is 4. The highest BCUT2D eigenvalue weighted by Crippen LogP contribution is 2.29. The van der Waals surface area contributed by atoms with Crippen molar-refractivity contribution in [3.05, 3.63) is 58.9 Å². The van der Waals surface area contributed by atoms with Crippen molar-refractivity contribution in [2.75, 3.05) is 29.9 Å². The topological polar surface area (TPSA) is 73.5 Å². The van der Waals surface area contributed by atoms with Crippen molar-refractivity contribution in [2.45, 2.75) is 6.54 Å². The number of carbonyl (C=O) groups excluding carboxylic acids is 2. The highest BCUT2D eigenvalue weighted by atomic mass is 35.5. The predicted octanol–water partition coefficient (Wildman–Crippen LogP) is 2.74. The monoisotopic (exact) mass is 376 g/mol. The molecule has 3 amide bonds. The Morgan fingerprint density at radius 3 is 2.69 bits per heavy atom. The molecule has 0 saturated carbocycles. The van der Waals surface area contributed by atoms with Gasteiger partial charge in [0, 0.05) is 25.3 Å². The molecule has 0 aliphatic carbocycles. The Morgan fingerprint density at radius 1 is 1.23 bits per heavy atom. The van der Waals surface area contributed by atoms with Gasteiger partial charge in [0.1, 0.15) is 5.82 Å². The number of anilines is 2. The molecule has 0 atom stereocenters. The summed E-state index contributed by atoms with van der Waals surface area (Å²) < 4.78 is 12.9. The molecule has 26 heavy (non-hydrogen) atoms. The van der Waals surface area contributed by atoms with Crippen LogP contribution < -0.4 is 20.9 Å². The molecule has 0 aromatic heterocycles. The van der Waals surface area contributed by atoms with Crippen LogP contribution in [0.1, 0.15) is 5.56 Å². The minimum absolute atomic E-state index is 0.0466. The first-order chi connectivity index (χ1) is 12.5. The first kappa shape index (κ1) is 18.0. The van der Waals surface area contributed by atoms with E-state index in [1.165, 1.54) is 12.1 Å². The molecular weight excluding hydrogens is 359 g/mol. The van der Waals surface area contributed by atoms with Gasteiger partial charge in [-0.3, -0.25) is 4.79 Å². The molecule has 1 heterocycles. The van der Waals surface area contributed by atoms with Crippen molar-refractivity contribution < 1.29 is 14.0 Å². The van der Waals surface area contributed by atoms with Crippen LogP contribution in [0.2, 0.25) is 5.02 Å². The van der Waals surface area contributed by atoms with E-state index >= 15 is 0 Å². The number of urea groups is 1. The zero-order valence-corrected chi connectivity index (χ0v) is 14.6. The third-order valence-corrected chi connectivity index (χ3v) is 4.25. The summed E-state index contributed by atoms with van der Waals surface area (Å²) in [4.78, 5) is 25.4. The first-order valence-electron chi connectivity index (χ1n) is 8.12. The second kappa shape index (κ2) is 8.05. The highest BCUT2D eigenvalue weighted by Gasteiger charge is 2.18. The van der Waals surface area contributed by atoms with Crippen molar-refractivity contribution in [3.63, 3.8) is 0 Å². The fourth-order valence-corrected chi connectivity index (χ4v) is 2.95. The van der Waals surface area contributed by atoms with Gasteiger partial charge >= 0.3 is 6.03 Å². The smallest absolute Gasteiger partial charge is 0.319 e. The van der Waals surface area contributed by atoms with Gasteiger partial charge in [-0.05, 0) is 35.9 Å². The summed E-state index contributed by atoms with van der Waals surface area (Å²) >= 11 is 6.30. The quantitative estimate of drug-likeness (QED) is 0.768. The van der Waals surface area contributed by atoms with E-state index in [-0.39, 0.29) is 24.8 Å². The lowest BCUT2D eigenvalue weighted by Gasteiger charge is -2.29. The maximum Gasteiger partial charge on any atom is 0.319 e. The molecule has 1 fully saturated rings. The molecule has 1 aliphatic rings. The molecule has 0 spiro atoms. The number of amides is 3. The number of carbonyl (C=O) groups is 2. The minimum Gasteiger partial charge on any atom is -0.359 e. The number of nitrogens with one attached hydrogen (secondary N) is 3. The molecule has 1 aliphatic heterocycles. The van der Waals surface area contributed by atoms with Gasteiger partial charge in [-0.2, -0.15) is 0 Å². The fraction of sp³-hybridized carbons (Fsp3) is 0.222. The Hall–Kier alpha value is -2.80. The SMILES string of the molecule is O=C1CN(c2ccc(NC(=O)NCc3ccc(F)cc3)cc2Cl)CCN1. The van der Waals surface area contributed by atoms with Gasteiger partial charge < -0.3 is 20.9 Å². The Bertz CT molecular complexity index is 813. The molecule has 1 saturated heterocycles. The van der Waals surface area contributed by atoms with Gasteiger partial charge in [-0.15, -0.1) is 0 Å². The van der Waals surface area contributed by atoms with E-state index in [1.807, 2.05) is 4.90 Å². The fourth-order valence-electron chi connectivity index (χ4n) is 2.65. The van der Waals surface area contributed by atoms with Crippen molar-refractivity contribution in [1.29, 1.82) is 0 Å². The summed E-state index contributed by atoms with van der Waals surface area (Å²) in [7, 11) is 0. The highest BCUT2D eigenvalue weighted by molar-refractivity contribution is 6.33. The number of hydrogen-bond acceptors (Lipinski definition) is 3. The van der Waals surface area contributed by atoms with Crippen molar-refractivity contribution in [1.82, 2.24) is 10.6 Å². The van der Waals surface area contributed by atoms with Crippen LogP contribution in [0.5, 0.6) is 0 Å². The molecule has 2 aromatic rings. The predicted molar refractivity (Wildman–Crippen MR) is 98.9 cm³/mol. The van der Waals surface area contributed by atoms with E-state index in [2.05, 4.69) is 16.0 Å². The number of benzene rings is 2. The van der Waals surface area contributed by atoms with Crippen LogP contribution in [0.25, 0.3) is 0 Å². The van der Waals surface area contributed by atoms with Gasteiger partial charge in [0.15, 0.2) is 0 Å². The standard InChI is InChI=1S/C18H18ClFN4O2/c19-15-9-14(5-6-16(15)24-8-7-21-17(25)11-24)23-18(26)22-10-12-1-3-13(20)4-2-12/h1-6,9H,7-8,10-11H2,(H,21,25)(H2,22,23,26). The molecule has 0 radical (unpaired) electrons. The normalized spacial score (nSPS) is 13.9. The largest absolute Gasteiger partial charge is 0.359 e. The zero-order chi connectivity index (χ0) is 18.5. The zero-order valence-electron chi connectivity index (χ0n) is 13.9. The summed E-state index contributed by atoms with van der Waals surface area (Å²) in [6, 6.07) is 10.6. The van der Waals surface area contributed by atoms with Crippen LogP contribution in [0.3, 0.4) is 0 Å². The van der Waals surface area contributed by atoms with Gasteiger partial charge in [0.25, 0.3) is 0 Å². The van der Waals surface area contributed by atoms with Crippen LogP contribution in [0.4, 0.5) is 20.6 Å². The Labute approximate surface area is 155 Å². The molecule has 3 N–H and O–H groups in total. The van der Waals surface area contributed by atoms with Gasteiger partial charge in [-0.1, -0.05) is 23.7 Å². The minimum atomic E-state index is -0.393. The van der Waals surface area contributed by atoms with Gasteiger partial charge in [-0.25, -0.2) is 9.18 Å². The third-order valence-electron chi connectivity index (χ3n) is 3.95. The number of halogens is 2. The molecule has 6 nitrogen and oxygen atoms in total. The Morgan fingerprint density at radius 2 is 2.00 bits per heavy atom. The Kier molecular flexibility index (Phi) is 5.58. The summed E-state index contributed by atoms with van der Waals surface area (Å²) in [6.07, 6.45) is 0. The van der Waals surface area contributed by atoms with E-state index in [4.69, 9.17) is 11.6 Å².